The molecule has 0 radical (unpaired) electrons. The van der Waals surface area contributed by atoms with Crippen LogP contribution in [0.5, 0.6) is 0 Å². The van der Waals surface area contributed by atoms with Crippen LogP contribution in [0.1, 0.15) is 0 Å². The highest BCUT2D eigenvalue weighted by atomic mass is 32.2. The van der Waals surface area contributed by atoms with Gasteiger partial charge in [0.05, 0.1) is 4.90 Å². The van der Waals surface area contributed by atoms with Gasteiger partial charge in [-0.05, 0) is 23.7 Å². The van der Waals surface area contributed by atoms with Gasteiger partial charge in [0.15, 0.2) is 0 Å². The highest BCUT2D eigenvalue weighted by Gasteiger charge is 2.16. The third-order valence-electron chi connectivity index (χ3n) is 1.58. The molecule has 0 saturated carbocycles. The zero-order valence-electron chi connectivity index (χ0n) is 7.08. The zero-order chi connectivity index (χ0) is 10.9. The molecule has 8 heteroatoms. The van der Waals surface area contributed by atoms with E-state index in [4.69, 9.17) is 20.9 Å². The number of hydrogen-bond acceptors (Lipinski definition) is 5. The zero-order valence-corrected chi connectivity index (χ0v) is 7.90. The number of nitrogens with two attached hydrogens (primary N) is 2. The van der Waals surface area contributed by atoms with Crippen molar-refractivity contribution in [1.82, 2.24) is 0 Å². The fraction of sp³-hybridized carbons (Fsp3) is 0. The molecule has 6 nitrogen and oxygen atoms in total. The fourth-order valence-corrected chi connectivity index (χ4v) is 1.56. The van der Waals surface area contributed by atoms with Crippen molar-refractivity contribution in [2.24, 2.45) is 5.14 Å². The first-order chi connectivity index (χ1) is 6.30. The Morgan fingerprint density at radius 3 is 2.21 bits per heavy atom. The molecule has 0 unspecified atom stereocenters. The molecule has 0 aromatic heterocycles. The standard InChI is InChI=1S/C6H9BN2O4S/c8-5-1-4(7(10)11)2-6(3-5)14(9,12)13/h1-3,10-11H,8H2,(H2,9,12,13). The second-order valence-electron chi connectivity index (χ2n) is 2.75. The SMILES string of the molecule is Nc1cc(B(O)O)cc(S(N)(=O)=O)c1. The van der Waals surface area contributed by atoms with E-state index in [1.54, 1.807) is 0 Å². The minimum Gasteiger partial charge on any atom is -0.423 e. The summed E-state index contributed by atoms with van der Waals surface area (Å²) in [6.45, 7) is 0. The minimum atomic E-state index is -3.88. The molecule has 0 aliphatic carbocycles. The molecule has 0 saturated heterocycles. The average Bonchev–Trinajstić information content (AvgIpc) is 2.01. The first kappa shape index (κ1) is 11.0. The lowest BCUT2D eigenvalue weighted by molar-refractivity contribution is 0.425. The van der Waals surface area contributed by atoms with Gasteiger partial charge in [0.2, 0.25) is 10.0 Å². The van der Waals surface area contributed by atoms with Crippen LogP contribution in [-0.4, -0.2) is 25.6 Å². The van der Waals surface area contributed by atoms with Crippen molar-refractivity contribution in [2.75, 3.05) is 5.73 Å². The van der Waals surface area contributed by atoms with E-state index in [1.165, 1.54) is 6.07 Å². The van der Waals surface area contributed by atoms with Crippen molar-refractivity contribution in [3.05, 3.63) is 18.2 Å². The van der Waals surface area contributed by atoms with Crippen molar-refractivity contribution < 1.29 is 18.5 Å². The van der Waals surface area contributed by atoms with Crippen molar-refractivity contribution in [1.29, 1.82) is 0 Å². The van der Waals surface area contributed by atoms with Crippen molar-refractivity contribution in [3.63, 3.8) is 0 Å². The lowest BCUT2D eigenvalue weighted by Gasteiger charge is -2.04. The fourth-order valence-electron chi connectivity index (χ4n) is 0.959. The lowest BCUT2D eigenvalue weighted by Crippen LogP contribution is -2.31. The van der Waals surface area contributed by atoms with Crippen LogP contribution < -0.4 is 16.3 Å². The summed E-state index contributed by atoms with van der Waals surface area (Å²) in [5, 5.41) is 22.5. The Morgan fingerprint density at radius 1 is 1.21 bits per heavy atom. The molecule has 6 N–H and O–H groups in total. The number of hydrogen-bond donors (Lipinski definition) is 4. The molecule has 76 valence electrons. The van der Waals surface area contributed by atoms with E-state index in [9.17, 15) is 8.42 Å². The van der Waals surface area contributed by atoms with Gasteiger partial charge in [0.1, 0.15) is 0 Å². The van der Waals surface area contributed by atoms with Gasteiger partial charge >= 0.3 is 7.12 Å². The molecule has 0 aliphatic heterocycles. The summed E-state index contributed by atoms with van der Waals surface area (Å²) in [5.74, 6) is 0. The quantitative estimate of drug-likeness (QED) is 0.323. The number of rotatable bonds is 2. The normalized spacial score (nSPS) is 11.4. The van der Waals surface area contributed by atoms with Crippen LogP contribution in [-0.2, 0) is 10.0 Å². The van der Waals surface area contributed by atoms with Gasteiger partial charge in [-0.2, -0.15) is 0 Å². The Morgan fingerprint density at radius 2 is 1.79 bits per heavy atom. The molecule has 0 aliphatic rings. The number of primary sulfonamides is 1. The molecule has 0 amide bonds. The summed E-state index contributed by atoms with van der Waals surface area (Å²) >= 11 is 0. The lowest BCUT2D eigenvalue weighted by atomic mass is 9.80. The summed E-state index contributed by atoms with van der Waals surface area (Å²) in [5.41, 5.74) is 5.43. The molecular weight excluding hydrogens is 207 g/mol. The largest absolute Gasteiger partial charge is 0.488 e. The molecule has 0 bridgehead atoms. The highest BCUT2D eigenvalue weighted by molar-refractivity contribution is 7.89. The van der Waals surface area contributed by atoms with Gasteiger partial charge in [-0.1, -0.05) is 0 Å². The predicted molar refractivity (Wildman–Crippen MR) is 52.1 cm³/mol. The van der Waals surface area contributed by atoms with Crippen molar-refractivity contribution >= 4 is 28.3 Å². The maximum Gasteiger partial charge on any atom is 0.488 e. The summed E-state index contributed by atoms with van der Waals surface area (Å²) in [4.78, 5) is -0.249. The first-order valence-electron chi connectivity index (χ1n) is 3.60. The number of sulfonamides is 1. The van der Waals surface area contributed by atoms with Gasteiger partial charge in [-0.25, -0.2) is 13.6 Å². The van der Waals surface area contributed by atoms with Crippen molar-refractivity contribution in [3.8, 4) is 0 Å². The van der Waals surface area contributed by atoms with Crippen LogP contribution in [0, 0.1) is 0 Å². The van der Waals surface area contributed by atoms with Gasteiger partial charge in [0.25, 0.3) is 0 Å². The van der Waals surface area contributed by atoms with E-state index >= 15 is 0 Å². The Kier molecular flexibility index (Phi) is 2.81. The number of nitrogen functional groups attached to an aromatic ring is 1. The van der Waals surface area contributed by atoms with E-state index < -0.39 is 17.1 Å². The van der Waals surface area contributed by atoms with Crippen LogP contribution >= 0.6 is 0 Å². The molecule has 0 heterocycles. The molecule has 14 heavy (non-hydrogen) atoms. The van der Waals surface area contributed by atoms with E-state index in [2.05, 4.69) is 0 Å². The molecule has 1 aromatic carbocycles. The van der Waals surface area contributed by atoms with E-state index in [0.717, 1.165) is 12.1 Å². The van der Waals surface area contributed by atoms with Gasteiger partial charge in [-0.3, -0.25) is 0 Å². The third kappa shape index (κ3) is 2.45. The van der Waals surface area contributed by atoms with Crippen LogP contribution in [0.2, 0.25) is 0 Å². The summed E-state index contributed by atoms with van der Waals surface area (Å²) in [7, 11) is -5.66. The molecule has 0 fully saturated rings. The summed E-state index contributed by atoms with van der Waals surface area (Å²) < 4.78 is 21.8. The Labute approximate surface area is 81.4 Å². The van der Waals surface area contributed by atoms with Gasteiger partial charge < -0.3 is 15.8 Å². The van der Waals surface area contributed by atoms with Crippen LogP contribution in [0.15, 0.2) is 23.1 Å². The van der Waals surface area contributed by atoms with Gasteiger partial charge in [-0.15, -0.1) is 0 Å². The maximum atomic E-state index is 10.9. The van der Waals surface area contributed by atoms with Crippen LogP contribution in [0.25, 0.3) is 0 Å². The monoisotopic (exact) mass is 216 g/mol. The first-order valence-corrected chi connectivity index (χ1v) is 5.15. The molecule has 0 spiro atoms. The maximum absolute atomic E-state index is 10.9. The smallest absolute Gasteiger partial charge is 0.423 e. The molecular formula is C6H9BN2O4S. The third-order valence-corrected chi connectivity index (χ3v) is 2.47. The predicted octanol–water partition coefficient (Wildman–Crippen LogP) is -2.40. The topological polar surface area (TPSA) is 127 Å². The summed E-state index contributed by atoms with van der Waals surface area (Å²) in [6, 6.07) is 3.44. The van der Waals surface area contributed by atoms with E-state index in [-0.39, 0.29) is 16.0 Å². The number of anilines is 1. The Hall–Kier alpha value is -1.09. The minimum absolute atomic E-state index is 0.0194. The molecule has 1 aromatic rings. The Balaban J connectivity index is 3.35. The second-order valence-corrected chi connectivity index (χ2v) is 4.32. The Bertz CT molecular complexity index is 445. The average molecular weight is 216 g/mol. The van der Waals surface area contributed by atoms with Gasteiger partial charge in [0, 0.05) is 5.69 Å². The second kappa shape index (κ2) is 3.58. The van der Waals surface area contributed by atoms with E-state index in [1.807, 2.05) is 0 Å². The van der Waals surface area contributed by atoms with Crippen molar-refractivity contribution in [2.45, 2.75) is 4.90 Å². The molecule has 1 rings (SSSR count). The van der Waals surface area contributed by atoms with Crippen LogP contribution in [0.3, 0.4) is 0 Å². The number of benzene rings is 1. The summed E-state index contributed by atoms with van der Waals surface area (Å²) in [6.07, 6.45) is 0. The van der Waals surface area contributed by atoms with E-state index in [0.29, 0.717) is 0 Å². The highest BCUT2D eigenvalue weighted by Crippen LogP contribution is 2.09. The van der Waals surface area contributed by atoms with Crippen LogP contribution in [0.4, 0.5) is 5.69 Å². The molecule has 0 atom stereocenters.